The minimum atomic E-state index is -0.860. The van der Waals surface area contributed by atoms with Crippen molar-refractivity contribution < 1.29 is 24.3 Å². The molecule has 1 N–H and O–H groups in total. The van der Waals surface area contributed by atoms with E-state index in [9.17, 15) is 14.7 Å². The fourth-order valence-corrected chi connectivity index (χ4v) is 4.72. The molecular formula is C19H27N3O5S. The smallest absolute Gasteiger partial charge is 0.407 e. The predicted molar refractivity (Wildman–Crippen MR) is 105 cm³/mol. The van der Waals surface area contributed by atoms with Crippen LogP contribution < -0.4 is 0 Å². The maximum absolute atomic E-state index is 11.8. The summed E-state index contributed by atoms with van der Waals surface area (Å²) >= 11 is 1.56. The zero-order valence-electron chi connectivity index (χ0n) is 16.7. The Morgan fingerprint density at radius 1 is 1.43 bits per heavy atom. The van der Waals surface area contributed by atoms with Crippen molar-refractivity contribution in [2.45, 2.75) is 65.0 Å². The van der Waals surface area contributed by atoms with E-state index in [4.69, 9.17) is 14.6 Å². The molecule has 1 fully saturated rings. The zero-order valence-corrected chi connectivity index (χ0v) is 17.5. The lowest BCUT2D eigenvalue weighted by atomic mass is 9.77. The van der Waals surface area contributed by atoms with Crippen molar-refractivity contribution >= 4 is 29.1 Å². The number of hydrogen-bond acceptors (Lipinski definition) is 7. The number of carboxylic acid groups (broad SMARTS) is 1. The number of nitrogens with zero attached hydrogens (tertiary/aromatic N) is 3. The Morgan fingerprint density at radius 2 is 2.18 bits per heavy atom. The molecule has 3 heterocycles. The van der Waals surface area contributed by atoms with E-state index in [0.29, 0.717) is 25.3 Å². The number of carbonyl (C=O) groups excluding carboxylic acids is 1. The molecule has 3 atom stereocenters. The van der Waals surface area contributed by atoms with Crippen molar-refractivity contribution in [1.82, 2.24) is 9.88 Å². The van der Waals surface area contributed by atoms with Crippen molar-refractivity contribution in [1.29, 1.82) is 0 Å². The average Bonchev–Trinajstić information content (AvgIpc) is 3.30. The molecule has 0 radical (unpaired) electrons. The fourth-order valence-electron chi connectivity index (χ4n) is 3.74. The number of thiazole rings is 1. The lowest BCUT2D eigenvalue weighted by Crippen LogP contribution is -2.51. The quantitative estimate of drug-likeness (QED) is 0.764. The Hall–Kier alpha value is -2.16. The number of carbonyl (C=O) groups is 2. The Kier molecular flexibility index (Phi) is 5.92. The van der Waals surface area contributed by atoms with Crippen LogP contribution in [-0.4, -0.2) is 58.1 Å². The van der Waals surface area contributed by atoms with Gasteiger partial charge in [0.2, 0.25) is 6.10 Å². The molecule has 0 aliphatic carbocycles. The highest BCUT2D eigenvalue weighted by Gasteiger charge is 2.40. The van der Waals surface area contributed by atoms with Crippen LogP contribution >= 0.6 is 11.3 Å². The van der Waals surface area contributed by atoms with Crippen LogP contribution in [0.1, 0.15) is 63.6 Å². The standard InChI is InChI=1S/C19H27N3O5S/c1-5-26-17(23)14-9-12(21-27-14)13-10-28-16(20-13)11-6-7-22(18(24)25)15(8-11)19(2,3)4/h10-11,14-15H,5-9H2,1-4H3,(H,24,25). The van der Waals surface area contributed by atoms with Gasteiger partial charge in [-0.15, -0.1) is 11.3 Å². The molecule has 1 saturated heterocycles. The van der Waals surface area contributed by atoms with Gasteiger partial charge < -0.3 is 19.6 Å². The highest BCUT2D eigenvalue weighted by atomic mass is 32.1. The SMILES string of the molecule is CCOC(=O)C1CC(c2csc(C3CCN(C(=O)O)C(C(C)(C)C)C3)n2)=NO1. The third-order valence-corrected chi connectivity index (χ3v) is 6.24. The second-order valence-corrected chi connectivity index (χ2v) is 9.13. The highest BCUT2D eigenvalue weighted by Crippen LogP contribution is 2.40. The highest BCUT2D eigenvalue weighted by molar-refractivity contribution is 7.10. The van der Waals surface area contributed by atoms with Gasteiger partial charge in [0.05, 0.1) is 17.3 Å². The monoisotopic (exact) mass is 409 g/mol. The van der Waals surface area contributed by atoms with Gasteiger partial charge in [0.1, 0.15) is 5.71 Å². The number of rotatable bonds is 4. The molecular weight excluding hydrogens is 382 g/mol. The molecule has 3 unspecified atom stereocenters. The number of likely N-dealkylation sites (tertiary alicyclic amines) is 1. The molecule has 9 heteroatoms. The largest absolute Gasteiger partial charge is 0.465 e. The van der Waals surface area contributed by atoms with Gasteiger partial charge in [-0.1, -0.05) is 25.9 Å². The molecule has 0 bridgehead atoms. The Labute approximate surface area is 168 Å². The molecule has 28 heavy (non-hydrogen) atoms. The molecule has 1 amide bonds. The minimum absolute atomic E-state index is 0.0588. The molecule has 2 aliphatic rings. The molecule has 0 spiro atoms. The third-order valence-electron chi connectivity index (χ3n) is 5.23. The Bertz CT molecular complexity index is 770. The first-order chi connectivity index (χ1) is 13.2. The van der Waals surface area contributed by atoms with Crippen molar-refractivity contribution in [2.24, 2.45) is 10.6 Å². The molecule has 2 aliphatic heterocycles. The van der Waals surface area contributed by atoms with E-state index < -0.39 is 18.2 Å². The van der Waals surface area contributed by atoms with E-state index in [1.807, 2.05) is 5.38 Å². The van der Waals surface area contributed by atoms with E-state index in [0.717, 1.165) is 23.5 Å². The van der Waals surface area contributed by atoms with Gasteiger partial charge in [0.15, 0.2) is 0 Å². The molecule has 0 saturated carbocycles. The summed E-state index contributed by atoms with van der Waals surface area (Å²) in [5.41, 5.74) is 1.23. The van der Waals surface area contributed by atoms with Crippen LogP contribution in [0.2, 0.25) is 0 Å². The molecule has 154 valence electrons. The summed E-state index contributed by atoms with van der Waals surface area (Å²) < 4.78 is 4.98. The van der Waals surface area contributed by atoms with Crippen molar-refractivity contribution in [3.05, 3.63) is 16.1 Å². The minimum Gasteiger partial charge on any atom is -0.465 e. The predicted octanol–water partition coefficient (Wildman–Crippen LogP) is 3.47. The summed E-state index contributed by atoms with van der Waals surface area (Å²) in [5.74, 6) is -0.201. The van der Waals surface area contributed by atoms with Gasteiger partial charge in [-0.3, -0.25) is 0 Å². The van der Waals surface area contributed by atoms with E-state index in [-0.39, 0.29) is 17.4 Å². The summed E-state index contributed by atoms with van der Waals surface area (Å²) in [6.45, 7) is 8.78. The topological polar surface area (TPSA) is 101 Å². The van der Waals surface area contributed by atoms with E-state index in [1.54, 1.807) is 23.2 Å². The van der Waals surface area contributed by atoms with Gasteiger partial charge in [0, 0.05) is 30.3 Å². The molecule has 1 aromatic heterocycles. The first-order valence-corrected chi connectivity index (χ1v) is 10.4. The first-order valence-electron chi connectivity index (χ1n) is 9.55. The van der Waals surface area contributed by atoms with Gasteiger partial charge in [0.25, 0.3) is 0 Å². The second-order valence-electron chi connectivity index (χ2n) is 8.24. The van der Waals surface area contributed by atoms with Gasteiger partial charge in [-0.05, 0) is 25.2 Å². The van der Waals surface area contributed by atoms with Crippen LogP contribution in [0.4, 0.5) is 4.79 Å². The van der Waals surface area contributed by atoms with Crippen LogP contribution in [0, 0.1) is 5.41 Å². The summed E-state index contributed by atoms with van der Waals surface area (Å²) in [6, 6.07) is -0.0588. The number of esters is 1. The van der Waals surface area contributed by atoms with Crippen LogP contribution in [-0.2, 0) is 14.4 Å². The van der Waals surface area contributed by atoms with Gasteiger partial charge >= 0.3 is 12.1 Å². The van der Waals surface area contributed by atoms with Crippen LogP contribution in [0.15, 0.2) is 10.5 Å². The zero-order chi connectivity index (χ0) is 20.5. The first kappa shape index (κ1) is 20.6. The number of hydrogen-bond donors (Lipinski definition) is 1. The molecule has 8 nitrogen and oxygen atoms in total. The number of piperidine rings is 1. The molecule has 0 aromatic carbocycles. The van der Waals surface area contributed by atoms with Gasteiger partial charge in [-0.2, -0.15) is 0 Å². The van der Waals surface area contributed by atoms with E-state index in [1.165, 1.54) is 0 Å². The normalized spacial score (nSPS) is 25.2. The number of ether oxygens (including phenoxy) is 1. The van der Waals surface area contributed by atoms with Crippen LogP contribution in [0.5, 0.6) is 0 Å². The lowest BCUT2D eigenvalue weighted by Gasteiger charge is -2.44. The van der Waals surface area contributed by atoms with Crippen molar-refractivity contribution in [2.75, 3.05) is 13.2 Å². The Balaban J connectivity index is 1.69. The van der Waals surface area contributed by atoms with E-state index >= 15 is 0 Å². The maximum atomic E-state index is 11.8. The van der Waals surface area contributed by atoms with Crippen LogP contribution in [0.3, 0.4) is 0 Å². The molecule has 1 aromatic rings. The lowest BCUT2D eigenvalue weighted by molar-refractivity contribution is -0.154. The Morgan fingerprint density at radius 3 is 2.82 bits per heavy atom. The summed E-state index contributed by atoms with van der Waals surface area (Å²) in [6.07, 6.45) is 0.284. The summed E-state index contributed by atoms with van der Waals surface area (Å²) in [5, 5.41) is 16.5. The second kappa shape index (κ2) is 8.06. The summed E-state index contributed by atoms with van der Waals surface area (Å²) in [7, 11) is 0. The fraction of sp³-hybridized carbons (Fsp3) is 0.684. The number of amides is 1. The third kappa shape index (κ3) is 4.29. The average molecular weight is 410 g/mol. The maximum Gasteiger partial charge on any atom is 0.407 e. The molecule has 3 rings (SSSR count). The van der Waals surface area contributed by atoms with Crippen molar-refractivity contribution in [3.8, 4) is 0 Å². The number of aromatic nitrogens is 1. The van der Waals surface area contributed by atoms with Crippen LogP contribution in [0.25, 0.3) is 0 Å². The number of oxime groups is 1. The van der Waals surface area contributed by atoms with Gasteiger partial charge in [-0.25, -0.2) is 14.6 Å². The summed E-state index contributed by atoms with van der Waals surface area (Å²) in [4.78, 5) is 34.9. The van der Waals surface area contributed by atoms with E-state index in [2.05, 4.69) is 25.9 Å². The van der Waals surface area contributed by atoms with Crippen molar-refractivity contribution in [3.63, 3.8) is 0 Å².